The van der Waals surface area contributed by atoms with Crippen molar-refractivity contribution < 1.29 is 17.9 Å². The Morgan fingerprint density at radius 3 is 2.70 bits per heavy atom. The van der Waals surface area contributed by atoms with Crippen LogP contribution in [0.5, 0.6) is 5.75 Å². The molecule has 2 aromatic heterocycles. The third kappa shape index (κ3) is 4.90. The lowest BCUT2D eigenvalue weighted by Gasteiger charge is -2.23. The minimum Gasteiger partial charge on any atom is -0.495 e. The molecule has 0 saturated carbocycles. The van der Waals surface area contributed by atoms with E-state index < -0.39 is 15.1 Å². The van der Waals surface area contributed by atoms with Gasteiger partial charge in [-0.15, -0.1) is 0 Å². The molecule has 8 nitrogen and oxygen atoms in total. The summed E-state index contributed by atoms with van der Waals surface area (Å²) < 4.78 is 36.7. The van der Waals surface area contributed by atoms with E-state index in [9.17, 15) is 8.42 Å². The molecule has 1 aliphatic heterocycles. The zero-order valence-electron chi connectivity index (χ0n) is 18.3. The molecule has 1 saturated heterocycles. The van der Waals surface area contributed by atoms with E-state index in [1.165, 1.54) is 7.11 Å². The van der Waals surface area contributed by atoms with Crippen LogP contribution in [0.2, 0.25) is 5.02 Å². The van der Waals surface area contributed by atoms with Crippen LogP contribution in [0, 0.1) is 0 Å². The number of nitrogens with zero attached hydrogens (tertiary/aromatic N) is 2. The molecule has 0 radical (unpaired) electrons. The number of aromatic nitrogens is 3. The van der Waals surface area contributed by atoms with E-state index in [4.69, 9.17) is 21.1 Å². The van der Waals surface area contributed by atoms with Crippen LogP contribution in [0.25, 0.3) is 21.8 Å². The maximum absolute atomic E-state index is 13.0. The van der Waals surface area contributed by atoms with Gasteiger partial charge in [-0.3, -0.25) is 10.1 Å². The van der Waals surface area contributed by atoms with Crippen molar-refractivity contribution in [3.63, 3.8) is 0 Å². The van der Waals surface area contributed by atoms with Crippen LogP contribution in [0.1, 0.15) is 12.8 Å². The molecule has 1 aliphatic rings. The highest BCUT2D eigenvalue weighted by atomic mass is 35.5. The van der Waals surface area contributed by atoms with Crippen LogP contribution >= 0.6 is 11.6 Å². The number of sulfone groups is 1. The molecule has 3 heterocycles. The number of hydrogen-bond acceptors (Lipinski definition) is 7. The van der Waals surface area contributed by atoms with Gasteiger partial charge in [0.2, 0.25) is 0 Å². The summed E-state index contributed by atoms with van der Waals surface area (Å²) in [4.78, 5) is 4.53. The Bertz CT molecular complexity index is 1370. The molecule has 2 aromatic carbocycles. The lowest BCUT2D eigenvalue weighted by Crippen LogP contribution is -2.29. The fourth-order valence-electron chi connectivity index (χ4n) is 3.83. The number of hydrogen-bond donors (Lipinski definition) is 2. The van der Waals surface area contributed by atoms with Crippen LogP contribution < -0.4 is 10.1 Å². The zero-order valence-corrected chi connectivity index (χ0v) is 19.9. The third-order valence-electron chi connectivity index (χ3n) is 5.61. The second kappa shape index (κ2) is 9.94. The number of anilines is 1. The van der Waals surface area contributed by atoms with Gasteiger partial charge in [0, 0.05) is 54.0 Å². The first-order valence-electron chi connectivity index (χ1n) is 10.5. The molecule has 4 aromatic rings. The van der Waals surface area contributed by atoms with Crippen molar-refractivity contribution in [3.05, 3.63) is 53.8 Å². The summed E-state index contributed by atoms with van der Waals surface area (Å²) in [5.74, 6) is 0.338. The summed E-state index contributed by atoms with van der Waals surface area (Å²) in [6.07, 6.45) is 4.45. The van der Waals surface area contributed by atoms with Gasteiger partial charge in [0.25, 0.3) is 0 Å². The van der Waals surface area contributed by atoms with Crippen LogP contribution in [0.3, 0.4) is 0 Å². The number of H-pyrrole nitrogens is 1. The van der Waals surface area contributed by atoms with E-state index >= 15 is 0 Å². The van der Waals surface area contributed by atoms with Crippen molar-refractivity contribution in [1.29, 1.82) is 0 Å². The van der Waals surface area contributed by atoms with E-state index in [0.29, 0.717) is 37.3 Å². The maximum atomic E-state index is 13.0. The van der Waals surface area contributed by atoms with Gasteiger partial charge in [-0.05, 0) is 43.2 Å². The fraction of sp³-hybridized carbons (Fsp3) is 0.304. The number of rotatable bonds is 4. The smallest absolute Gasteiger partial charge is 0.185 e. The minimum atomic E-state index is -3.48. The Balaban J connectivity index is 0.000000214. The Labute approximate surface area is 197 Å². The molecule has 174 valence electrons. The first-order valence-corrected chi connectivity index (χ1v) is 12.4. The van der Waals surface area contributed by atoms with Gasteiger partial charge >= 0.3 is 0 Å². The summed E-state index contributed by atoms with van der Waals surface area (Å²) in [6, 6.07) is 10.8. The first kappa shape index (κ1) is 23.3. The number of fused-ring (bicyclic) bond motifs is 2. The normalized spacial score (nSPS) is 14.6. The highest BCUT2D eigenvalue weighted by Crippen LogP contribution is 2.35. The third-order valence-corrected chi connectivity index (χ3v) is 8.13. The van der Waals surface area contributed by atoms with Crippen molar-refractivity contribution in [1.82, 2.24) is 15.2 Å². The van der Waals surface area contributed by atoms with Crippen LogP contribution in [-0.2, 0) is 14.6 Å². The second-order valence-corrected chi connectivity index (χ2v) is 10.2. The molecule has 5 rings (SSSR count). The maximum Gasteiger partial charge on any atom is 0.185 e. The molecule has 0 bridgehead atoms. The van der Waals surface area contributed by atoms with Gasteiger partial charge in [-0.2, -0.15) is 5.10 Å². The molecule has 1 fully saturated rings. The van der Waals surface area contributed by atoms with Gasteiger partial charge in [0.1, 0.15) is 10.6 Å². The Morgan fingerprint density at radius 2 is 1.97 bits per heavy atom. The van der Waals surface area contributed by atoms with Gasteiger partial charge in [0.15, 0.2) is 9.84 Å². The summed E-state index contributed by atoms with van der Waals surface area (Å²) in [5.41, 5.74) is 2.55. The number of pyridine rings is 1. The number of aromatic amines is 1. The summed E-state index contributed by atoms with van der Waals surface area (Å²) in [7, 11) is -0.206. The van der Waals surface area contributed by atoms with Crippen molar-refractivity contribution >= 4 is 48.9 Å². The molecule has 0 aliphatic carbocycles. The van der Waals surface area contributed by atoms with E-state index in [0.717, 1.165) is 27.0 Å². The minimum absolute atomic E-state index is 0.226. The molecule has 0 atom stereocenters. The number of halogens is 1. The largest absolute Gasteiger partial charge is 0.495 e. The number of benzene rings is 2. The van der Waals surface area contributed by atoms with Gasteiger partial charge < -0.3 is 14.8 Å². The molecular weight excluding hydrogens is 464 g/mol. The van der Waals surface area contributed by atoms with Gasteiger partial charge in [0.05, 0.1) is 29.6 Å². The average Bonchev–Trinajstić information content (AvgIpc) is 3.31. The highest BCUT2D eigenvalue weighted by molar-refractivity contribution is 7.92. The predicted molar refractivity (Wildman–Crippen MR) is 130 cm³/mol. The van der Waals surface area contributed by atoms with Crippen LogP contribution in [0.4, 0.5) is 5.69 Å². The standard InChI is InChI=1S/C16H20N2O4S.C7H5ClN2/c1-17-13-3-6-18-14-10-15(21-2)16(9-12(13)14)23(19,20)11-4-7-22-8-5-11;8-6-1-2-7-5(3-6)4-9-10-7/h3,6,9-11H,4-5,7-8H2,1-2H3,(H,17,18);1-4H,(H,9,10). The summed E-state index contributed by atoms with van der Waals surface area (Å²) >= 11 is 5.73. The van der Waals surface area contributed by atoms with E-state index in [1.54, 1.807) is 31.6 Å². The number of ether oxygens (including phenoxy) is 2. The quantitative estimate of drug-likeness (QED) is 0.437. The zero-order chi connectivity index (χ0) is 23.4. The average molecular weight is 489 g/mol. The SMILES string of the molecule is CNc1ccnc2cc(OC)c(S(=O)(=O)C3CCOCC3)cc12.Clc1ccc2[nH]ncc2c1. The predicted octanol–water partition coefficient (Wildman–Crippen LogP) is 4.45. The molecule has 10 heteroatoms. The summed E-state index contributed by atoms with van der Waals surface area (Å²) in [6.45, 7) is 0.951. The van der Waals surface area contributed by atoms with Crippen molar-refractivity contribution in [2.75, 3.05) is 32.7 Å². The van der Waals surface area contributed by atoms with Crippen molar-refractivity contribution in [2.24, 2.45) is 0 Å². The summed E-state index contributed by atoms with van der Waals surface area (Å²) in [5, 5.41) is 11.9. The molecule has 2 N–H and O–H groups in total. The van der Waals surface area contributed by atoms with Crippen molar-refractivity contribution in [2.45, 2.75) is 23.0 Å². The highest BCUT2D eigenvalue weighted by Gasteiger charge is 2.32. The topological polar surface area (TPSA) is 106 Å². The molecule has 0 spiro atoms. The molecule has 0 unspecified atom stereocenters. The number of methoxy groups -OCH3 is 1. The van der Waals surface area contributed by atoms with E-state index in [2.05, 4.69) is 20.5 Å². The van der Waals surface area contributed by atoms with Crippen molar-refractivity contribution in [3.8, 4) is 5.75 Å². The van der Waals surface area contributed by atoms with E-state index in [-0.39, 0.29) is 4.90 Å². The molecule has 33 heavy (non-hydrogen) atoms. The van der Waals surface area contributed by atoms with Crippen LogP contribution in [0.15, 0.2) is 53.7 Å². The van der Waals surface area contributed by atoms with Gasteiger partial charge in [-0.1, -0.05) is 11.6 Å². The Morgan fingerprint density at radius 1 is 1.18 bits per heavy atom. The van der Waals surface area contributed by atoms with Gasteiger partial charge in [-0.25, -0.2) is 8.42 Å². The van der Waals surface area contributed by atoms with Crippen LogP contribution in [-0.4, -0.2) is 56.2 Å². The monoisotopic (exact) mass is 488 g/mol. The first-order chi connectivity index (χ1) is 15.9. The Hall–Kier alpha value is -2.88. The lowest BCUT2D eigenvalue weighted by molar-refractivity contribution is 0.0983. The second-order valence-electron chi connectivity index (χ2n) is 7.59. The molecular formula is C23H25ClN4O4S. The molecule has 0 amide bonds. The Kier molecular flexibility index (Phi) is 7.02. The lowest BCUT2D eigenvalue weighted by atomic mass is 10.2. The fourth-order valence-corrected chi connectivity index (χ4v) is 5.89. The number of nitrogens with one attached hydrogen (secondary N) is 2. The van der Waals surface area contributed by atoms with E-state index in [1.807, 2.05) is 24.3 Å².